The quantitative estimate of drug-likeness (QED) is 0.372. The molecular weight excluding hydrogens is 586 g/mol. The number of rotatable bonds is 11. The molecule has 2 atom stereocenters. The fourth-order valence-corrected chi connectivity index (χ4v) is 9.31. The van der Waals surface area contributed by atoms with Crippen molar-refractivity contribution in [1.29, 1.82) is 0 Å². The lowest BCUT2D eigenvalue weighted by Crippen LogP contribution is -2.49. The van der Waals surface area contributed by atoms with Gasteiger partial charge in [0.25, 0.3) is 0 Å². The highest BCUT2D eigenvalue weighted by Gasteiger charge is 2.36. The van der Waals surface area contributed by atoms with Crippen molar-refractivity contribution in [3.05, 3.63) is 35.4 Å². The third-order valence-electron chi connectivity index (χ3n) is 9.42. The summed E-state index contributed by atoms with van der Waals surface area (Å²) in [6.07, 6.45) is 7.72. The van der Waals surface area contributed by atoms with E-state index in [9.17, 15) is 30.4 Å². The molecule has 0 spiro atoms. The van der Waals surface area contributed by atoms with Crippen molar-refractivity contribution in [2.45, 2.75) is 76.3 Å². The minimum absolute atomic E-state index is 0.00475. The molecule has 1 aromatic carbocycles. The van der Waals surface area contributed by atoms with Crippen LogP contribution in [0.25, 0.3) is 0 Å². The Morgan fingerprint density at radius 1 is 0.905 bits per heavy atom. The molecule has 0 bridgehead atoms. The Balaban J connectivity index is 1.34. The second-order valence-corrected chi connectivity index (χ2v) is 16.1. The van der Waals surface area contributed by atoms with Crippen LogP contribution in [0, 0.1) is 17.6 Å². The first-order valence-corrected chi connectivity index (χ1v) is 18.9. The van der Waals surface area contributed by atoms with E-state index in [4.69, 9.17) is 0 Å². The van der Waals surface area contributed by atoms with Gasteiger partial charge in [0.15, 0.2) is 0 Å². The van der Waals surface area contributed by atoms with E-state index in [0.29, 0.717) is 57.4 Å². The first-order valence-electron chi connectivity index (χ1n) is 15.2. The first-order chi connectivity index (χ1) is 19.8. The van der Waals surface area contributed by atoms with Crippen LogP contribution < -0.4 is 0 Å². The van der Waals surface area contributed by atoms with Gasteiger partial charge in [0, 0.05) is 63.8 Å². The molecule has 3 fully saturated rings. The van der Waals surface area contributed by atoms with E-state index < -0.39 is 31.7 Å². The normalized spacial score (nSPS) is 23.3. The Labute approximate surface area is 250 Å². The van der Waals surface area contributed by atoms with Gasteiger partial charge in [0.05, 0.1) is 12.5 Å². The highest BCUT2D eigenvalue weighted by Crippen LogP contribution is 2.37. The molecule has 13 heteroatoms. The van der Waals surface area contributed by atoms with Crippen molar-refractivity contribution >= 4 is 26.0 Å². The van der Waals surface area contributed by atoms with Gasteiger partial charge in [-0.3, -0.25) is 4.79 Å². The van der Waals surface area contributed by atoms with Gasteiger partial charge >= 0.3 is 0 Å². The lowest BCUT2D eigenvalue weighted by molar-refractivity contribution is -0.135. The summed E-state index contributed by atoms with van der Waals surface area (Å²) in [5, 5.41) is 0. The number of carbonyl (C=O) groups excluding carboxylic acids is 1. The van der Waals surface area contributed by atoms with Crippen molar-refractivity contribution in [1.82, 2.24) is 18.4 Å². The summed E-state index contributed by atoms with van der Waals surface area (Å²) in [6, 6.07) is 3.52. The van der Waals surface area contributed by atoms with Crippen LogP contribution in [0.2, 0.25) is 0 Å². The Bertz CT molecular complexity index is 1280. The topological polar surface area (TPSA) is 98.3 Å². The van der Waals surface area contributed by atoms with Gasteiger partial charge in [-0.25, -0.2) is 29.9 Å². The predicted molar refractivity (Wildman–Crippen MR) is 159 cm³/mol. The van der Waals surface area contributed by atoms with E-state index >= 15 is 0 Å². The van der Waals surface area contributed by atoms with Gasteiger partial charge in [0.1, 0.15) is 11.6 Å². The summed E-state index contributed by atoms with van der Waals surface area (Å²) in [5.74, 6) is -1.17. The largest absolute Gasteiger partial charge is 0.340 e. The van der Waals surface area contributed by atoms with Crippen LogP contribution in [-0.2, 0) is 24.8 Å². The van der Waals surface area contributed by atoms with Crippen molar-refractivity contribution in [3.8, 4) is 0 Å². The summed E-state index contributed by atoms with van der Waals surface area (Å²) in [7, 11) is -6.60. The van der Waals surface area contributed by atoms with Gasteiger partial charge in [-0.1, -0.05) is 0 Å². The molecule has 1 unspecified atom stereocenters. The number of piperidine rings is 2. The summed E-state index contributed by atoms with van der Waals surface area (Å²) >= 11 is 0. The fourth-order valence-electron chi connectivity index (χ4n) is 7.26. The lowest BCUT2D eigenvalue weighted by atomic mass is 9.78. The van der Waals surface area contributed by atoms with Gasteiger partial charge in [-0.2, -0.15) is 4.31 Å². The monoisotopic (exact) mass is 632 g/mol. The van der Waals surface area contributed by atoms with Crippen LogP contribution in [-0.4, -0.2) is 112 Å². The second kappa shape index (κ2) is 14.0. The maximum atomic E-state index is 14.2. The molecule has 4 rings (SSSR count). The number of nitrogens with zero attached hydrogens (tertiary/aromatic N) is 4. The van der Waals surface area contributed by atoms with Crippen molar-refractivity contribution in [3.63, 3.8) is 0 Å². The van der Waals surface area contributed by atoms with Crippen molar-refractivity contribution < 1.29 is 30.4 Å². The van der Waals surface area contributed by atoms with E-state index in [2.05, 4.69) is 4.90 Å². The van der Waals surface area contributed by atoms with E-state index in [-0.39, 0.29) is 36.2 Å². The highest BCUT2D eigenvalue weighted by atomic mass is 32.2. The van der Waals surface area contributed by atoms with Crippen LogP contribution >= 0.6 is 0 Å². The van der Waals surface area contributed by atoms with Crippen LogP contribution in [0.4, 0.5) is 8.78 Å². The van der Waals surface area contributed by atoms with Crippen LogP contribution in [0.15, 0.2) is 18.2 Å². The summed E-state index contributed by atoms with van der Waals surface area (Å²) < 4.78 is 79.6. The number of carbonyl (C=O) groups is 1. The molecule has 3 heterocycles. The average molecular weight is 633 g/mol. The number of halogens is 2. The zero-order valence-corrected chi connectivity index (χ0v) is 26.7. The Hall–Kier alpha value is -1.67. The fraction of sp³-hybridized carbons (Fsp3) is 0.759. The molecule has 0 radical (unpaired) electrons. The molecule has 0 N–H and O–H groups in total. The van der Waals surface area contributed by atoms with E-state index in [1.807, 2.05) is 11.8 Å². The number of sulfonamides is 2. The molecule has 1 amide bonds. The third-order valence-corrected chi connectivity index (χ3v) is 12.1. The molecular formula is C29H46F2N4O5S2. The molecule has 1 aromatic rings. The van der Waals surface area contributed by atoms with Crippen LogP contribution in [0.1, 0.15) is 69.8 Å². The maximum Gasteiger partial charge on any atom is 0.224 e. The molecule has 0 aliphatic carbocycles. The SMILES string of the molecule is CCN(C(=O)CC1CCCN1S(C)(=O)=O)C1CCN(CC[C@@H](c2cc(F)cc(F)c2)C2CCN(S(C)(=O)=O)CC2)CC1. The molecule has 0 saturated carbocycles. The van der Waals surface area contributed by atoms with Crippen molar-refractivity contribution in [2.24, 2.45) is 5.92 Å². The van der Waals surface area contributed by atoms with Gasteiger partial charge in [-0.05, 0) is 87.9 Å². The summed E-state index contributed by atoms with van der Waals surface area (Å²) in [4.78, 5) is 17.5. The Morgan fingerprint density at radius 3 is 2.07 bits per heavy atom. The maximum absolute atomic E-state index is 14.2. The molecule has 3 aliphatic rings. The summed E-state index contributed by atoms with van der Waals surface area (Å²) in [5.41, 5.74) is 0.623. The predicted octanol–water partition coefficient (Wildman–Crippen LogP) is 3.24. The summed E-state index contributed by atoms with van der Waals surface area (Å²) in [6.45, 7) is 6.17. The van der Waals surface area contributed by atoms with Crippen LogP contribution in [0.5, 0.6) is 0 Å². The molecule has 0 aromatic heterocycles. The third kappa shape index (κ3) is 8.49. The number of amides is 1. The minimum Gasteiger partial charge on any atom is -0.340 e. The first kappa shape index (κ1) is 33.2. The van der Waals surface area contributed by atoms with Crippen molar-refractivity contribution in [2.75, 3.05) is 58.3 Å². The minimum atomic E-state index is -3.33. The molecule has 9 nitrogen and oxygen atoms in total. The van der Waals surface area contributed by atoms with E-state index in [0.717, 1.165) is 45.0 Å². The molecule has 238 valence electrons. The van der Waals surface area contributed by atoms with Gasteiger partial charge in [0.2, 0.25) is 26.0 Å². The highest BCUT2D eigenvalue weighted by molar-refractivity contribution is 7.88. The van der Waals surface area contributed by atoms with Gasteiger partial charge < -0.3 is 9.80 Å². The lowest BCUT2D eigenvalue weighted by Gasteiger charge is -2.40. The molecule has 3 saturated heterocycles. The standard InChI is InChI=1S/C29H46F2N4O5S2/c1-4-34(29(36)21-27-6-5-12-35(27)42(3,39)40)26-9-13-32(14-10-26)15-11-28(23-18-24(30)20-25(31)19-23)22-7-16-33(17-8-22)41(2,37)38/h18-20,22,26-28H,4-17,21H2,1-3H3/t27?,28-/m1/s1. The molecule has 42 heavy (non-hydrogen) atoms. The zero-order chi connectivity index (χ0) is 30.7. The Kier molecular flexibility index (Phi) is 11.0. The number of benzene rings is 1. The average Bonchev–Trinajstić information content (AvgIpc) is 3.38. The number of hydrogen-bond donors (Lipinski definition) is 0. The molecule has 3 aliphatic heterocycles. The number of likely N-dealkylation sites (tertiary alicyclic amines) is 1. The van der Waals surface area contributed by atoms with Crippen LogP contribution in [0.3, 0.4) is 0 Å². The van der Waals surface area contributed by atoms with E-state index in [1.165, 1.54) is 33.3 Å². The number of hydrogen-bond acceptors (Lipinski definition) is 6. The zero-order valence-electron chi connectivity index (χ0n) is 25.1. The van der Waals surface area contributed by atoms with Gasteiger partial charge in [-0.15, -0.1) is 0 Å². The second-order valence-electron chi connectivity index (χ2n) is 12.2. The van der Waals surface area contributed by atoms with E-state index in [1.54, 1.807) is 0 Å². The Morgan fingerprint density at radius 2 is 1.52 bits per heavy atom. The smallest absolute Gasteiger partial charge is 0.224 e.